The number of piperazine rings is 1. The summed E-state index contributed by atoms with van der Waals surface area (Å²) in [6, 6.07) is 9.76. The Morgan fingerprint density at radius 2 is 1.79 bits per heavy atom. The fourth-order valence-corrected chi connectivity index (χ4v) is 6.14. The van der Waals surface area contributed by atoms with Crippen LogP contribution in [-0.4, -0.2) is 70.3 Å². The minimum absolute atomic E-state index is 0.0211. The summed E-state index contributed by atoms with van der Waals surface area (Å²) in [4.78, 5) is 37.8. The highest BCUT2D eigenvalue weighted by molar-refractivity contribution is 7.13. The Bertz CT molecular complexity index is 1120. The molecule has 34 heavy (non-hydrogen) atoms. The molecule has 0 unspecified atom stereocenters. The van der Waals surface area contributed by atoms with Crippen molar-refractivity contribution in [2.24, 2.45) is 0 Å². The predicted molar refractivity (Wildman–Crippen MR) is 132 cm³/mol. The standard InChI is InChI=1S/C25H27FN4O2S2/c26-19-8-6-18(7-9-19)23-27-20(17-34-23)16-28-11-13-29(14-12-28)24(31)21-4-1-2-10-30(21)25(32)22-5-3-15-33-22/h3,5-9,15,17,21H,1-2,4,10-14,16H2/t21-/m1/s1. The highest BCUT2D eigenvalue weighted by Gasteiger charge is 2.36. The number of amides is 2. The van der Waals surface area contributed by atoms with Crippen LogP contribution in [0, 0.1) is 5.82 Å². The number of thiazole rings is 1. The van der Waals surface area contributed by atoms with E-state index >= 15 is 0 Å². The number of likely N-dealkylation sites (tertiary alicyclic amines) is 1. The number of benzene rings is 1. The van der Waals surface area contributed by atoms with Gasteiger partial charge in [0.2, 0.25) is 5.91 Å². The van der Waals surface area contributed by atoms with E-state index in [-0.39, 0.29) is 23.7 Å². The summed E-state index contributed by atoms with van der Waals surface area (Å²) < 4.78 is 13.2. The van der Waals surface area contributed by atoms with Gasteiger partial charge in [-0.2, -0.15) is 0 Å². The molecule has 6 nitrogen and oxygen atoms in total. The first-order chi connectivity index (χ1) is 16.6. The zero-order valence-corrected chi connectivity index (χ0v) is 20.5. The highest BCUT2D eigenvalue weighted by Crippen LogP contribution is 2.26. The van der Waals surface area contributed by atoms with Crippen molar-refractivity contribution in [3.8, 4) is 10.6 Å². The third kappa shape index (κ3) is 5.06. The SMILES string of the molecule is O=C([C@H]1CCCCN1C(=O)c1cccs1)N1CCN(Cc2csc(-c3ccc(F)cc3)n2)CC1. The molecule has 3 aromatic rings. The molecular formula is C25H27FN4O2S2. The van der Waals surface area contributed by atoms with Crippen LogP contribution in [0.25, 0.3) is 10.6 Å². The first-order valence-electron chi connectivity index (χ1n) is 11.6. The molecule has 0 bridgehead atoms. The number of carbonyl (C=O) groups is 2. The number of halogens is 1. The minimum Gasteiger partial charge on any atom is -0.338 e. The second-order valence-electron chi connectivity index (χ2n) is 8.74. The number of hydrogen-bond acceptors (Lipinski definition) is 6. The van der Waals surface area contributed by atoms with Crippen LogP contribution in [0.1, 0.15) is 34.6 Å². The van der Waals surface area contributed by atoms with Gasteiger partial charge in [0, 0.05) is 50.2 Å². The first-order valence-corrected chi connectivity index (χ1v) is 13.4. The van der Waals surface area contributed by atoms with Gasteiger partial charge in [-0.15, -0.1) is 22.7 Å². The Labute approximate surface area is 206 Å². The lowest BCUT2D eigenvalue weighted by Gasteiger charge is -2.40. The lowest BCUT2D eigenvalue weighted by Crippen LogP contribution is -2.57. The second kappa shape index (κ2) is 10.3. The van der Waals surface area contributed by atoms with Crippen LogP contribution in [0.3, 0.4) is 0 Å². The van der Waals surface area contributed by atoms with Gasteiger partial charge in [-0.05, 0) is 55.0 Å². The van der Waals surface area contributed by atoms with Crippen molar-refractivity contribution < 1.29 is 14.0 Å². The van der Waals surface area contributed by atoms with Crippen molar-refractivity contribution in [2.45, 2.75) is 31.8 Å². The Morgan fingerprint density at radius 3 is 2.53 bits per heavy atom. The lowest BCUT2D eigenvalue weighted by atomic mass is 10.00. The number of rotatable bonds is 5. The maximum atomic E-state index is 13.4. The van der Waals surface area contributed by atoms with Gasteiger partial charge in [-0.1, -0.05) is 6.07 Å². The first kappa shape index (κ1) is 23.1. The summed E-state index contributed by atoms with van der Waals surface area (Å²) in [5, 5.41) is 4.83. The molecule has 4 heterocycles. The van der Waals surface area contributed by atoms with E-state index in [9.17, 15) is 14.0 Å². The number of hydrogen-bond donors (Lipinski definition) is 0. The number of thiophene rings is 1. The molecule has 0 aliphatic carbocycles. The third-order valence-electron chi connectivity index (χ3n) is 6.49. The van der Waals surface area contributed by atoms with Gasteiger partial charge < -0.3 is 9.80 Å². The molecule has 2 amide bonds. The van der Waals surface area contributed by atoms with Crippen LogP contribution in [0.4, 0.5) is 4.39 Å². The molecule has 0 N–H and O–H groups in total. The van der Waals surface area contributed by atoms with E-state index in [1.807, 2.05) is 27.8 Å². The zero-order valence-electron chi connectivity index (χ0n) is 18.9. The van der Waals surface area contributed by atoms with Crippen LogP contribution in [0.15, 0.2) is 47.2 Å². The maximum absolute atomic E-state index is 13.4. The molecule has 0 saturated carbocycles. The van der Waals surface area contributed by atoms with E-state index in [1.54, 1.807) is 28.4 Å². The molecule has 1 aromatic carbocycles. The average Bonchev–Trinajstić information content (AvgIpc) is 3.57. The summed E-state index contributed by atoms with van der Waals surface area (Å²) in [7, 11) is 0. The average molecular weight is 499 g/mol. The quantitative estimate of drug-likeness (QED) is 0.525. The molecule has 0 radical (unpaired) electrons. The molecule has 178 valence electrons. The minimum atomic E-state index is -0.355. The molecule has 2 aliphatic rings. The Kier molecular flexibility index (Phi) is 7.03. The third-order valence-corrected chi connectivity index (χ3v) is 8.29. The van der Waals surface area contributed by atoms with Crippen molar-refractivity contribution in [1.82, 2.24) is 19.7 Å². The molecule has 0 spiro atoms. The van der Waals surface area contributed by atoms with Crippen LogP contribution in [0.2, 0.25) is 0 Å². The summed E-state index contributed by atoms with van der Waals surface area (Å²) >= 11 is 2.99. The zero-order chi connectivity index (χ0) is 23.5. The lowest BCUT2D eigenvalue weighted by molar-refractivity contribution is -0.139. The molecule has 1 atom stereocenters. The smallest absolute Gasteiger partial charge is 0.264 e. The summed E-state index contributed by atoms with van der Waals surface area (Å²) in [6.45, 7) is 4.25. The van der Waals surface area contributed by atoms with E-state index in [0.29, 0.717) is 24.5 Å². The van der Waals surface area contributed by atoms with Gasteiger partial charge in [-0.25, -0.2) is 9.37 Å². The molecular weight excluding hydrogens is 471 g/mol. The van der Waals surface area contributed by atoms with Crippen molar-refractivity contribution in [3.05, 3.63) is 63.5 Å². The van der Waals surface area contributed by atoms with Crippen molar-refractivity contribution >= 4 is 34.5 Å². The van der Waals surface area contributed by atoms with Gasteiger partial charge in [0.1, 0.15) is 16.9 Å². The van der Waals surface area contributed by atoms with E-state index in [4.69, 9.17) is 4.98 Å². The van der Waals surface area contributed by atoms with Gasteiger partial charge in [0.25, 0.3) is 5.91 Å². The summed E-state index contributed by atoms with van der Waals surface area (Å²) in [6.07, 6.45) is 2.66. The van der Waals surface area contributed by atoms with Crippen LogP contribution >= 0.6 is 22.7 Å². The van der Waals surface area contributed by atoms with Gasteiger partial charge in [0.15, 0.2) is 0 Å². The molecule has 2 fully saturated rings. The van der Waals surface area contributed by atoms with E-state index in [1.165, 1.54) is 23.5 Å². The summed E-state index contributed by atoms with van der Waals surface area (Å²) in [5.74, 6) is -0.191. The molecule has 5 rings (SSSR count). The largest absolute Gasteiger partial charge is 0.338 e. The maximum Gasteiger partial charge on any atom is 0.264 e. The fourth-order valence-electron chi connectivity index (χ4n) is 4.64. The number of nitrogens with zero attached hydrogens (tertiary/aromatic N) is 4. The number of carbonyl (C=O) groups excluding carboxylic acids is 2. The summed E-state index contributed by atoms with van der Waals surface area (Å²) in [5.41, 5.74) is 1.91. The molecule has 2 saturated heterocycles. The van der Waals surface area contributed by atoms with E-state index in [2.05, 4.69) is 4.90 Å². The Balaban J connectivity index is 1.17. The normalized spacial score (nSPS) is 19.4. The van der Waals surface area contributed by atoms with E-state index < -0.39 is 0 Å². The fraction of sp³-hybridized carbons (Fsp3) is 0.400. The van der Waals surface area contributed by atoms with Crippen molar-refractivity contribution in [2.75, 3.05) is 32.7 Å². The number of piperidine rings is 1. The van der Waals surface area contributed by atoms with E-state index in [0.717, 1.165) is 55.2 Å². The van der Waals surface area contributed by atoms with Crippen LogP contribution in [0.5, 0.6) is 0 Å². The molecule has 9 heteroatoms. The van der Waals surface area contributed by atoms with Gasteiger partial charge >= 0.3 is 0 Å². The van der Waals surface area contributed by atoms with Crippen LogP contribution in [-0.2, 0) is 11.3 Å². The monoisotopic (exact) mass is 498 g/mol. The topological polar surface area (TPSA) is 56.8 Å². The number of aromatic nitrogens is 1. The van der Waals surface area contributed by atoms with Gasteiger partial charge in [0.05, 0.1) is 10.6 Å². The highest BCUT2D eigenvalue weighted by atomic mass is 32.1. The van der Waals surface area contributed by atoms with Crippen molar-refractivity contribution in [3.63, 3.8) is 0 Å². The molecule has 2 aromatic heterocycles. The predicted octanol–water partition coefficient (Wildman–Crippen LogP) is 4.35. The van der Waals surface area contributed by atoms with Gasteiger partial charge in [-0.3, -0.25) is 14.5 Å². The Hall–Kier alpha value is -2.62. The molecule has 2 aliphatic heterocycles. The van der Waals surface area contributed by atoms with Crippen molar-refractivity contribution in [1.29, 1.82) is 0 Å². The Morgan fingerprint density at radius 1 is 1.00 bits per heavy atom. The second-order valence-corrected chi connectivity index (χ2v) is 10.5. The van der Waals surface area contributed by atoms with Crippen LogP contribution < -0.4 is 0 Å².